The number of nitrogen functional groups attached to an aromatic ring is 1. The smallest absolute Gasteiger partial charge is 0.339 e. The molecule has 1 unspecified atom stereocenters. The fourth-order valence-electron chi connectivity index (χ4n) is 5.49. The largest absolute Gasteiger partial charge is 0.459 e. The highest BCUT2D eigenvalue weighted by molar-refractivity contribution is 6.11. The Morgan fingerprint density at radius 1 is 0.654 bits per heavy atom. The van der Waals surface area contributed by atoms with E-state index in [2.05, 4.69) is 10.6 Å². The molecule has 0 radical (unpaired) electrons. The van der Waals surface area contributed by atoms with Gasteiger partial charge in [-0.1, -0.05) is 98.8 Å². The molecule has 0 aromatic heterocycles. The molecule has 5 N–H and O–H groups in total. The summed E-state index contributed by atoms with van der Waals surface area (Å²) < 4.78 is 11.3. The summed E-state index contributed by atoms with van der Waals surface area (Å²) >= 11 is 0. The van der Waals surface area contributed by atoms with Crippen molar-refractivity contribution in [2.75, 3.05) is 5.32 Å². The molecule has 0 heterocycles. The van der Waals surface area contributed by atoms with Crippen molar-refractivity contribution in [2.45, 2.75) is 39.5 Å². The standard InChI is InChI=1S/C42H40N4O6/c1-27(2)23-37(42(50)52-26-29-13-7-4-8-14-29)46-39(47)31-19-22-34(36(24-31)41(49)51-25-28-11-5-3-6-12-28)33-15-9-10-16-35(33)40(48)45-32-20-17-30(18-21-32)38(43)44/h3-22,24,27,37H,23,25-26H2,1-2H3,(H3,43,44)(H,45,48)(H,46,47). The maximum Gasteiger partial charge on any atom is 0.339 e. The molecule has 1 atom stereocenters. The SMILES string of the molecule is CC(C)CC(NC(=O)c1ccc(-c2ccccc2C(=O)Nc2ccc(C(=N)N)cc2)c(C(=O)OCc2ccccc2)c1)C(=O)OCc1ccccc1. The molecular weight excluding hydrogens is 656 g/mol. The minimum Gasteiger partial charge on any atom is -0.459 e. The number of rotatable bonds is 14. The molecule has 264 valence electrons. The van der Waals surface area contributed by atoms with E-state index in [1.165, 1.54) is 12.1 Å². The van der Waals surface area contributed by atoms with Crippen LogP contribution in [0.3, 0.4) is 0 Å². The van der Waals surface area contributed by atoms with Gasteiger partial charge in [-0.3, -0.25) is 15.0 Å². The zero-order valence-corrected chi connectivity index (χ0v) is 28.9. The fourth-order valence-corrected chi connectivity index (χ4v) is 5.49. The van der Waals surface area contributed by atoms with Gasteiger partial charge in [0.2, 0.25) is 0 Å². The number of ether oxygens (including phenoxy) is 2. The predicted molar refractivity (Wildman–Crippen MR) is 200 cm³/mol. The summed E-state index contributed by atoms with van der Waals surface area (Å²) in [5.74, 6) is -2.32. The van der Waals surface area contributed by atoms with Gasteiger partial charge < -0.3 is 25.8 Å². The molecule has 0 bridgehead atoms. The number of anilines is 1. The molecule has 0 saturated carbocycles. The fraction of sp³-hybridized carbons (Fsp3) is 0.167. The van der Waals surface area contributed by atoms with Crippen LogP contribution in [0.1, 0.15) is 68.0 Å². The zero-order chi connectivity index (χ0) is 37.0. The third-order valence-corrected chi connectivity index (χ3v) is 8.15. The molecule has 0 aliphatic rings. The van der Waals surface area contributed by atoms with Crippen LogP contribution in [0.2, 0.25) is 0 Å². The Labute approximate surface area is 302 Å². The van der Waals surface area contributed by atoms with Crippen molar-refractivity contribution in [1.82, 2.24) is 5.32 Å². The lowest BCUT2D eigenvalue weighted by Crippen LogP contribution is -2.42. The van der Waals surface area contributed by atoms with E-state index >= 15 is 0 Å². The molecule has 5 rings (SSSR count). The summed E-state index contributed by atoms with van der Waals surface area (Å²) in [5, 5.41) is 13.3. The van der Waals surface area contributed by atoms with Gasteiger partial charge in [-0.15, -0.1) is 0 Å². The quantitative estimate of drug-likeness (QED) is 0.0546. The Balaban J connectivity index is 1.44. The number of amidine groups is 1. The van der Waals surface area contributed by atoms with Crippen LogP contribution < -0.4 is 16.4 Å². The van der Waals surface area contributed by atoms with E-state index in [0.717, 1.165) is 11.1 Å². The Morgan fingerprint density at radius 2 is 1.21 bits per heavy atom. The van der Waals surface area contributed by atoms with Crippen molar-refractivity contribution in [1.29, 1.82) is 5.41 Å². The van der Waals surface area contributed by atoms with Gasteiger partial charge in [0.05, 0.1) is 5.56 Å². The monoisotopic (exact) mass is 696 g/mol. The Bertz CT molecular complexity index is 2050. The van der Waals surface area contributed by atoms with Gasteiger partial charge in [0.25, 0.3) is 11.8 Å². The Kier molecular flexibility index (Phi) is 12.3. The highest BCUT2D eigenvalue weighted by Crippen LogP contribution is 2.30. The average Bonchev–Trinajstić information content (AvgIpc) is 3.16. The van der Waals surface area contributed by atoms with E-state index < -0.39 is 29.8 Å². The highest BCUT2D eigenvalue weighted by atomic mass is 16.5. The van der Waals surface area contributed by atoms with Crippen molar-refractivity contribution in [3.8, 4) is 11.1 Å². The van der Waals surface area contributed by atoms with Gasteiger partial charge in [-0.05, 0) is 77.1 Å². The molecule has 0 saturated heterocycles. The van der Waals surface area contributed by atoms with Gasteiger partial charge in [-0.25, -0.2) is 9.59 Å². The first-order chi connectivity index (χ1) is 25.1. The normalized spacial score (nSPS) is 11.3. The minimum atomic E-state index is -0.932. The third-order valence-electron chi connectivity index (χ3n) is 8.15. The molecule has 10 heteroatoms. The zero-order valence-electron chi connectivity index (χ0n) is 28.9. The molecule has 2 amide bonds. The van der Waals surface area contributed by atoms with Gasteiger partial charge in [0.15, 0.2) is 0 Å². The molecule has 5 aromatic rings. The van der Waals surface area contributed by atoms with Crippen LogP contribution in [0.5, 0.6) is 0 Å². The summed E-state index contributed by atoms with van der Waals surface area (Å²) in [6, 6.07) is 35.4. The predicted octanol–water partition coefficient (Wildman–Crippen LogP) is 7.13. The van der Waals surface area contributed by atoms with Crippen molar-refractivity contribution < 1.29 is 28.7 Å². The van der Waals surface area contributed by atoms with Crippen LogP contribution in [-0.4, -0.2) is 35.6 Å². The molecule has 0 aliphatic carbocycles. The first-order valence-electron chi connectivity index (χ1n) is 16.8. The lowest BCUT2D eigenvalue weighted by Gasteiger charge is -2.20. The van der Waals surface area contributed by atoms with Crippen molar-refractivity contribution in [2.24, 2.45) is 11.7 Å². The van der Waals surface area contributed by atoms with Gasteiger partial charge >= 0.3 is 11.9 Å². The molecule has 52 heavy (non-hydrogen) atoms. The van der Waals surface area contributed by atoms with Gasteiger partial charge in [0.1, 0.15) is 25.1 Å². The summed E-state index contributed by atoms with van der Waals surface area (Å²) in [5.41, 5.74) is 9.40. The van der Waals surface area contributed by atoms with Crippen LogP contribution in [0.4, 0.5) is 5.69 Å². The number of carbonyl (C=O) groups is 4. The topological polar surface area (TPSA) is 161 Å². The number of nitrogens with two attached hydrogens (primary N) is 1. The van der Waals surface area contributed by atoms with E-state index in [-0.39, 0.29) is 41.7 Å². The summed E-state index contributed by atoms with van der Waals surface area (Å²) in [6.45, 7) is 3.92. The average molecular weight is 697 g/mol. The first-order valence-corrected chi connectivity index (χ1v) is 16.8. The van der Waals surface area contributed by atoms with Gasteiger partial charge in [0, 0.05) is 22.4 Å². The lowest BCUT2D eigenvalue weighted by atomic mass is 9.93. The lowest BCUT2D eigenvalue weighted by molar-refractivity contribution is -0.147. The van der Waals surface area contributed by atoms with E-state index in [1.807, 2.05) is 74.5 Å². The number of hydrogen-bond donors (Lipinski definition) is 4. The minimum absolute atomic E-state index is 0.0162. The molecule has 10 nitrogen and oxygen atoms in total. The van der Waals surface area contributed by atoms with Gasteiger partial charge in [-0.2, -0.15) is 0 Å². The second-order valence-electron chi connectivity index (χ2n) is 12.6. The Hall–Kier alpha value is -6.55. The van der Waals surface area contributed by atoms with Crippen LogP contribution in [0.25, 0.3) is 11.1 Å². The van der Waals surface area contributed by atoms with Crippen molar-refractivity contribution >= 4 is 35.3 Å². The summed E-state index contributed by atoms with van der Waals surface area (Å²) in [4.78, 5) is 54.3. The number of amides is 2. The van der Waals surface area contributed by atoms with Crippen LogP contribution in [0.15, 0.2) is 127 Å². The van der Waals surface area contributed by atoms with Crippen LogP contribution in [-0.2, 0) is 27.5 Å². The summed E-state index contributed by atoms with van der Waals surface area (Å²) in [6.07, 6.45) is 0.337. The number of nitrogens with one attached hydrogen (secondary N) is 3. The van der Waals surface area contributed by atoms with E-state index in [9.17, 15) is 19.2 Å². The summed E-state index contributed by atoms with van der Waals surface area (Å²) in [7, 11) is 0. The maximum absolute atomic E-state index is 13.8. The number of hydrogen-bond acceptors (Lipinski definition) is 7. The maximum atomic E-state index is 13.8. The first kappa shape index (κ1) is 36.7. The second-order valence-corrected chi connectivity index (χ2v) is 12.6. The van der Waals surface area contributed by atoms with Crippen molar-refractivity contribution in [3.63, 3.8) is 0 Å². The molecule has 0 fully saturated rings. The van der Waals surface area contributed by atoms with Crippen molar-refractivity contribution in [3.05, 3.63) is 161 Å². The third kappa shape index (κ3) is 9.79. The number of esters is 2. The Morgan fingerprint density at radius 3 is 1.83 bits per heavy atom. The van der Waals surface area contributed by atoms with E-state index in [4.69, 9.17) is 20.6 Å². The van der Waals surface area contributed by atoms with E-state index in [1.54, 1.807) is 54.6 Å². The molecular formula is C42H40N4O6. The molecule has 0 aliphatic heterocycles. The van der Waals surface area contributed by atoms with E-state index in [0.29, 0.717) is 28.8 Å². The number of carbonyl (C=O) groups excluding carboxylic acids is 4. The van der Waals surface area contributed by atoms with Crippen LogP contribution in [0, 0.1) is 11.3 Å². The second kappa shape index (κ2) is 17.4. The highest BCUT2D eigenvalue weighted by Gasteiger charge is 2.26. The van der Waals surface area contributed by atoms with Crippen LogP contribution >= 0.6 is 0 Å². The molecule has 5 aromatic carbocycles. The number of benzene rings is 5. The molecule has 0 spiro atoms.